The SMILES string of the molecule is CCOC(=O)C1=C(C)N=c2s/c(=C\c3ccc(OCC)c(OC)c3)c(=O)n2[C@H]1c1ccc(OC(C)C)cc1. The van der Waals surface area contributed by atoms with Gasteiger partial charge in [0.15, 0.2) is 16.3 Å². The third-order valence-corrected chi connectivity index (χ3v) is 6.85. The first-order chi connectivity index (χ1) is 18.3. The molecule has 8 nitrogen and oxygen atoms in total. The Morgan fingerprint density at radius 3 is 2.47 bits per heavy atom. The molecule has 9 heteroatoms. The summed E-state index contributed by atoms with van der Waals surface area (Å²) < 4.78 is 24.3. The molecule has 2 aromatic carbocycles. The van der Waals surface area contributed by atoms with Crippen molar-refractivity contribution in [1.82, 2.24) is 4.57 Å². The van der Waals surface area contributed by atoms with Crippen LogP contribution in [-0.4, -0.2) is 37.0 Å². The first-order valence-electron chi connectivity index (χ1n) is 12.5. The van der Waals surface area contributed by atoms with Gasteiger partial charge in [-0.2, -0.15) is 0 Å². The molecule has 0 bridgehead atoms. The van der Waals surface area contributed by atoms with E-state index in [-0.39, 0.29) is 18.3 Å². The molecular weight excluding hydrogens is 504 g/mol. The van der Waals surface area contributed by atoms with Crippen LogP contribution >= 0.6 is 11.3 Å². The quantitative estimate of drug-likeness (QED) is 0.384. The van der Waals surface area contributed by atoms with Crippen molar-refractivity contribution in [2.24, 2.45) is 4.99 Å². The van der Waals surface area contributed by atoms with Gasteiger partial charge < -0.3 is 18.9 Å². The highest BCUT2D eigenvalue weighted by atomic mass is 32.1. The number of thiazole rings is 1. The third-order valence-electron chi connectivity index (χ3n) is 5.87. The summed E-state index contributed by atoms with van der Waals surface area (Å²) in [6.07, 6.45) is 1.82. The van der Waals surface area contributed by atoms with E-state index in [0.717, 1.165) is 11.1 Å². The summed E-state index contributed by atoms with van der Waals surface area (Å²) in [5.74, 6) is 1.43. The molecule has 0 spiro atoms. The lowest BCUT2D eigenvalue weighted by Crippen LogP contribution is -2.39. The molecule has 1 atom stereocenters. The van der Waals surface area contributed by atoms with Gasteiger partial charge in [-0.3, -0.25) is 9.36 Å². The highest BCUT2D eigenvalue weighted by Crippen LogP contribution is 2.32. The van der Waals surface area contributed by atoms with E-state index >= 15 is 0 Å². The minimum absolute atomic E-state index is 0.0250. The van der Waals surface area contributed by atoms with Crippen LogP contribution in [-0.2, 0) is 9.53 Å². The summed E-state index contributed by atoms with van der Waals surface area (Å²) in [4.78, 5) is 32.0. The van der Waals surface area contributed by atoms with E-state index in [1.54, 1.807) is 31.6 Å². The Morgan fingerprint density at radius 1 is 1.11 bits per heavy atom. The second-order valence-electron chi connectivity index (χ2n) is 8.88. The van der Waals surface area contributed by atoms with Crippen LogP contribution in [0.2, 0.25) is 0 Å². The Balaban J connectivity index is 1.86. The Hall–Kier alpha value is -3.85. The molecule has 0 saturated heterocycles. The maximum Gasteiger partial charge on any atom is 0.338 e. The summed E-state index contributed by atoms with van der Waals surface area (Å²) in [6.45, 7) is 10.1. The van der Waals surface area contributed by atoms with Gasteiger partial charge in [0.05, 0.1) is 48.3 Å². The minimum atomic E-state index is -0.685. The summed E-state index contributed by atoms with van der Waals surface area (Å²) in [5, 5.41) is 0. The van der Waals surface area contributed by atoms with Crippen molar-refractivity contribution >= 4 is 23.4 Å². The van der Waals surface area contributed by atoms with Crippen LogP contribution in [0.1, 0.15) is 51.8 Å². The van der Waals surface area contributed by atoms with Gasteiger partial charge in [-0.25, -0.2) is 9.79 Å². The van der Waals surface area contributed by atoms with Crippen molar-refractivity contribution in [3.8, 4) is 17.2 Å². The van der Waals surface area contributed by atoms with Gasteiger partial charge in [-0.15, -0.1) is 0 Å². The standard InChI is InChI=1S/C29H32N2O6S/c1-7-35-22-14-9-19(15-23(22)34-6)16-24-27(32)31-26(20-10-12-21(13-11-20)37-17(3)4)25(28(33)36-8-2)18(5)30-29(31)38-24/h9-17,26H,7-8H2,1-6H3/b24-16-/t26-/m0/s1. The monoisotopic (exact) mass is 536 g/mol. The van der Waals surface area contributed by atoms with Gasteiger partial charge in [0, 0.05) is 0 Å². The Kier molecular flexibility index (Phi) is 8.36. The van der Waals surface area contributed by atoms with E-state index in [0.29, 0.717) is 44.5 Å². The van der Waals surface area contributed by atoms with Crippen molar-refractivity contribution < 1.29 is 23.7 Å². The fourth-order valence-corrected chi connectivity index (χ4v) is 5.35. The van der Waals surface area contributed by atoms with Crippen LogP contribution < -0.4 is 29.1 Å². The zero-order valence-electron chi connectivity index (χ0n) is 22.4. The van der Waals surface area contributed by atoms with E-state index in [9.17, 15) is 9.59 Å². The maximum atomic E-state index is 13.8. The third kappa shape index (κ3) is 5.52. The molecule has 1 aliphatic rings. The van der Waals surface area contributed by atoms with E-state index in [2.05, 4.69) is 4.99 Å². The summed E-state index contributed by atoms with van der Waals surface area (Å²) in [5.41, 5.74) is 2.15. The number of benzene rings is 2. The lowest BCUT2D eigenvalue weighted by atomic mass is 9.96. The molecule has 4 rings (SSSR count). The highest BCUT2D eigenvalue weighted by Gasteiger charge is 2.33. The first-order valence-corrected chi connectivity index (χ1v) is 13.4. The fourth-order valence-electron chi connectivity index (χ4n) is 4.31. The molecule has 0 saturated carbocycles. The molecule has 0 N–H and O–H groups in total. The van der Waals surface area contributed by atoms with Crippen molar-refractivity contribution in [2.75, 3.05) is 20.3 Å². The number of allylic oxidation sites excluding steroid dienone is 1. The van der Waals surface area contributed by atoms with Crippen LogP contribution in [0.25, 0.3) is 6.08 Å². The zero-order chi connectivity index (χ0) is 27.4. The summed E-state index contributed by atoms with van der Waals surface area (Å²) in [6, 6.07) is 12.2. The molecule has 0 unspecified atom stereocenters. The van der Waals surface area contributed by atoms with Crippen molar-refractivity contribution in [1.29, 1.82) is 0 Å². The number of rotatable bonds is 9. The Labute approximate surface area is 225 Å². The molecule has 1 aliphatic heterocycles. The number of esters is 1. The molecule has 2 heterocycles. The zero-order valence-corrected chi connectivity index (χ0v) is 23.3. The van der Waals surface area contributed by atoms with Gasteiger partial charge in [-0.1, -0.05) is 29.5 Å². The van der Waals surface area contributed by atoms with Gasteiger partial charge in [-0.05, 0) is 76.1 Å². The predicted molar refractivity (Wildman–Crippen MR) is 147 cm³/mol. The Bertz CT molecular complexity index is 1530. The van der Waals surface area contributed by atoms with Gasteiger partial charge in [0.1, 0.15) is 5.75 Å². The normalized spacial score (nSPS) is 15.2. The lowest BCUT2D eigenvalue weighted by molar-refractivity contribution is -0.139. The molecule has 0 radical (unpaired) electrons. The average molecular weight is 537 g/mol. The number of ether oxygens (including phenoxy) is 4. The average Bonchev–Trinajstić information content (AvgIpc) is 3.18. The lowest BCUT2D eigenvalue weighted by Gasteiger charge is -2.25. The maximum absolute atomic E-state index is 13.8. The van der Waals surface area contributed by atoms with Gasteiger partial charge >= 0.3 is 5.97 Å². The van der Waals surface area contributed by atoms with Crippen molar-refractivity contribution in [2.45, 2.75) is 46.8 Å². The first kappa shape index (κ1) is 27.2. The second kappa shape index (κ2) is 11.7. The van der Waals surface area contributed by atoms with Crippen LogP contribution in [0, 0.1) is 0 Å². The molecule has 0 amide bonds. The number of fused-ring (bicyclic) bond motifs is 1. The largest absolute Gasteiger partial charge is 0.493 e. The van der Waals surface area contributed by atoms with Crippen LogP contribution in [0.5, 0.6) is 17.2 Å². The predicted octanol–water partition coefficient (Wildman–Crippen LogP) is 3.99. The topological polar surface area (TPSA) is 88.4 Å². The molecule has 3 aromatic rings. The molecule has 200 valence electrons. The van der Waals surface area contributed by atoms with Gasteiger partial charge in [0.2, 0.25) is 0 Å². The molecular formula is C29H32N2O6S. The van der Waals surface area contributed by atoms with Crippen LogP contribution in [0.15, 0.2) is 63.5 Å². The van der Waals surface area contributed by atoms with Crippen molar-refractivity contribution in [3.63, 3.8) is 0 Å². The summed E-state index contributed by atoms with van der Waals surface area (Å²) >= 11 is 1.27. The fraction of sp³-hybridized carbons (Fsp3) is 0.345. The van der Waals surface area contributed by atoms with E-state index < -0.39 is 12.0 Å². The smallest absolute Gasteiger partial charge is 0.338 e. The number of hydrogen-bond acceptors (Lipinski definition) is 8. The number of aromatic nitrogens is 1. The van der Waals surface area contributed by atoms with Gasteiger partial charge in [0.25, 0.3) is 5.56 Å². The highest BCUT2D eigenvalue weighted by molar-refractivity contribution is 7.07. The number of methoxy groups -OCH3 is 1. The summed E-state index contributed by atoms with van der Waals surface area (Å²) in [7, 11) is 1.58. The van der Waals surface area contributed by atoms with E-state index in [1.165, 1.54) is 11.3 Å². The Morgan fingerprint density at radius 2 is 1.84 bits per heavy atom. The molecule has 0 aliphatic carbocycles. The number of carbonyl (C=O) groups is 1. The van der Waals surface area contributed by atoms with Crippen LogP contribution in [0.3, 0.4) is 0 Å². The van der Waals surface area contributed by atoms with Crippen molar-refractivity contribution in [3.05, 3.63) is 84.5 Å². The van der Waals surface area contributed by atoms with E-state index in [1.807, 2.05) is 63.2 Å². The molecule has 0 fully saturated rings. The minimum Gasteiger partial charge on any atom is -0.493 e. The molecule has 1 aromatic heterocycles. The number of hydrogen-bond donors (Lipinski definition) is 0. The molecule has 38 heavy (non-hydrogen) atoms. The number of nitrogens with zero attached hydrogens (tertiary/aromatic N) is 2. The second-order valence-corrected chi connectivity index (χ2v) is 9.89. The van der Waals surface area contributed by atoms with E-state index in [4.69, 9.17) is 18.9 Å². The van der Waals surface area contributed by atoms with Crippen LogP contribution in [0.4, 0.5) is 0 Å². The number of carbonyl (C=O) groups excluding carboxylic acids is 1.